The van der Waals surface area contributed by atoms with Crippen molar-refractivity contribution < 1.29 is 9.53 Å². The monoisotopic (exact) mass is 375 g/mol. The number of para-hydroxylation sites is 1. The van der Waals surface area contributed by atoms with Gasteiger partial charge in [-0.15, -0.1) is 0 Å². The van der Waals surface area contributed by atoms with Gasteiger partial charge in [0.15, 0.2) is 0 Å². The largest absolute Gasteiger partial charge is 0.429 e. The maximum atomic E-state index is 11.4. The minimum Gasteiger partial charge on any atom is -0.429 e. The summed E-state index contributed by atoms with van der Waals surface area (Å²) in [4.78, 5) is 15.8. The fourth-order valence-electron chi connectivity index (χ4n) is 2.23. The Morgan fingerprint density at radius 3 is 2.64 bits per heavy atom. The molecule has 0 fully saturated rings. The van der Waals surface area contributed by atoms with Crippen molar-refractivity contribution in [1.29, 1.82) is 0 Å². The molecule has 3 nitrogen and oxygen atoms in total. The van der Waals surface area contributed by atoms with Gasteiger partial charge in [0.25, 0.3) is 5.19 Å². The molecule has 0 spiro atoms. The van der Waals surface area contributed by atoms with Gasteiger partial charge in [-0.3, -0.25) is 4.79 Å². The van der Waals surface area contributed by atoms with Gasteiger partial charge in [0.05, 0.1) is 15.2 Å². The van der Waals surface area contributed by atoms with Crippen LogP contribution in [0.2, 0.25) is 5.02 Å². The lowest BCUT2D eigenvalue weighted by Crippen LogP contribution is -1.97. The number of halogens is 1. The Kier molecular flexibility index (Phi) is 7.41. The normalized spacial score (nSPS) is 10.2. The number of ketones is 1. The predicted molar refractivity (Wildman–Crippen MR) is 106 cm³/mol. The highest BCUT2D eigenvalue weighted by atomic mass is 35.5. The second-order valence-electron chi connectivity index (χ2n) is 5.21. The quantitative estimate of drug-likeness (QED) is 0.482. The Morgan fingerprint density at radius 1 is 1.20 bits per heavy atom. The zero-order valence-electron chi connectivity index (χ0n) is 14.7. The van der Waals surface area contributed by atoms with Crippen LogP contribution in [0.3, 0.4) is 0 Å². The Balaban J connectivity index is 0.00000109. The molecule has 5 heteroatoms. The maximum absolute atomic E-state index is 11.4. The van der Waals surface area contributed by atoms with E-state index in [1.54, 1.807) is 0 Å². The molecule has 0 unspecified atom stereocenters. The number of nitrogens with zero attached hydrogens (tertiary/aromatic N) is 1. The lowest BCUT2D eigenvalue weighted by molar-refractivity contribution is -0.118. The molecule has 0 radical (unpaired) electrons. The molecule has 0 atom stereocenters. The van der Waals surface area contributed by atoms with E-state index in [0.29, 0.717) is 35.2 Å². The van der Waals surface area contributed by atoms with E-state index in [1.165, 1.54) is 11.3 Å². The first-order valence-electron chi connectivity index (χ1n) is 8.49. The van der Waals surface area contributed by atoms with Gasteiger partial charge in [-0.2, -0.15) is 0 Å². The summed E-state index contributed by atoms with van der Waals surface area (Å²) < 4.78 is 6.88. The number of aryl methyl sites for hydroxylation is 1. The molecule has 0 amide bonds. The Labute approximate surface area is 157 Å². The van der Waals surface area contributed by atoms with Crippen LogP contribution in [-0.2, 0) is 11.2 Å². The number of hydrogen-bond acceptors (Lipinski definition) is 4. The minimum atomic E-state index is 0.260. The number of Topliss-reactive ketones (excluding diaryl/α,β-unsaturated/α-hetero) is 1. The van der Waals surface area contributed by atoms with Gasteiger partial charge in [-0.05, 0) is 36.2 Å². The number of rotatable bonds is 6. The van der Waals surface area contributed by atoms with E-state index in [4.69, 9.17) is 16.3 Å². The van der Waals surface area contributed by atoms with Crippen molar-refractivity contribution in [3.63, 3.8) is 0 Å². The van der Waals surface area contributed by atoms with E-state index in [-0.39, 0.29) is 5.78 Å². The number of fused-ring (bicyclic) bond motifs is 1. The van der Waals surface area contributed by atoms with Crippen molar-refractivity contribution in [1.82, 2.24) is 4.98 Å². The highest BCUT2D eigenvalue weighted by molar-refractivity contribution is 7.20. The average Bonchev–Trinajstić information content (AvgIpc) is 3.05. The second kappa shape index (κ2) is 9.54. The van der Waals surface area contributed by atoms with E-state index < -0.39 is 0 Å². The van der Waals surface area contributed by atoms with Crippen LogP contribution in [0.25, 0.3) is 10.2 Å². The van der Waals surface area contributed by atoms with E-state index in [0.717, 1.165) is 15.8 Å². The van der Waals surface area contributed by atoms with Crippen molar-refractivity contribution >= 4 is 38.9 Å². The average molecular weight is 376 g/mol. The summed E-state index contributed by atoms with van der Waals surface area (Å²) in [7, 11) is 0. The lowest BCUT2D eigenvalue weighted by atomic mass is 10.1. The fourth-order valence-corrected chi connectivity index (χ4v) is 3.30. The summed E-state index contributed by atoms with van der Waals surface area (Å²) in [5, 5.41) is 1.10. The molecule has 3 rings (SSSR count). The number of aromatic nitrogens is 1. The van der Waals surface area contributed by atoms with E-state index >= 15 is 0 Å². The molecule has 0 bridgehead atoms. The van der Waals surface area contributed by atoms with Crippen molar-refractivity contribution in [3.8, 4) is 10.9 Å². The summed E-state index contributed by atoms with van der Waals surface area (Å²) in [6.45, 7) is 5.88. The molecule has 0 aliphatic rings. The summed E-state index contributed by atoms with van der Waals surface area (Å²) in [6, 6.07) is 13.5. The van der Waals surface area contributed by atoms with E-state index in [2.05, 4.69) is 4.98 Å². The highest BCUT2D eigenvalue weighted by Crippen LogP contribution is 2.34. The molecule has 1 heterocycles. The van der Waals surface area contributed by atoms with Crippen LogP contribution >= 0.6 is 22.9 Å². The summed E-state index contributed by atoms with van der Waals surface area (Å²) in [5.74, 6) is 0.840. The molecule has 3 aromatic rings. The van der Waals surface area contributed by atoms with Gasteiger partial charge in [-0.1, -0.05) is 61.9 Å². The molecule has 0 saturated carbocycles. The summed E-state index contributed by atoms with van der Waals surface area (Å²) in [5.41, 5.74) is 1.95. The van der Waals surface area contributed by atoms with Crippen LogP contribution < -0.4 is 4.74 Å². The fraction of sp³-hybridized carbons (Fsp3) is 0.300. The van der Waals surface area contributed by atoms with Crippen molar-refractivity contribution in [3.05, 3.63) is 53.1 Å². The standard InChI is InChI=1S/C18H16ClNO2S.C2H6/c1-2-13(21)9-7-12-8-10-16(14(19)11-12)22-18-20-15-5-3-4-6-17(15)23-18;1-2/h3-6,8,10-11H,2,7,9H2,1H3;1-2H3. The van der Waals surface area contributed by atoms with Gasteiger partial charge in [0.2, 0.25) is 0 Å². The zero-order chi connectivity index (χ0) is 18.2. The molecule has 1 aromatic heterocycles. The second-order valence-corrected chi connectivity index (χ2v) is 6.61. The molecule has 0 N–H and O–H groups in total. The third-order valence-electron chi connectivity index (χ3n) is 3.55. The van der Waals surface area contributed by atoms with Crippen LogP contribution in [0.5, 0.6) is 10.9 Å². The molecule has 132 valence electrons. The van der Waals surface area contributed by atoms with Crippen molar-refractivity contribution in [2.24, 2.45) is 0 Å². The molecular weight excluding hydrogens is 354 g/mol. The van der Waals surface area contributed by atoms with Crippen molar-refractivity contribution in [2.45, 2.75) is 40.0 Å². The number of carbonyl (C=O) groups is 1. The van der Waals surface area contributed by atoms with E-state index in [9.17, 15) is 4.79 Å². The Bertz CT molecular complexity index is 812. The van der Waals surface area contributed by atoms with Crippen LogP contribution in [0.1, 0.15) is 39.2 Å². The van der Waals surface area contributed by atoms with Crippen molar-refractivity contribution in [2.75, 3.05) is 0 Å². The third-order valence-corrected chi connectivity index (χ3v) is 4.76. The van der Waals surface area contributed by atoms with Crippen LogP contribution in [0, 0.1) is 0 Å². The summed E-state index contributed by atoms with van der Waals surface area (Å²) in [6.07, 6.45) is 1.82. The predicted octanol–water partition coefficient (Wildman–Crippen LogP) is 6.68. The van der Waals surface area contributed by atoms with Gasteiger partial charge in [-0.25, -0.2) is 4.98 Å². The van der Waals surface area contributed by atoms with Gasteiger partial charge in [0, 0.05) is 12.8 Å². The Morgan fingerprint density at radius 2 is 1.96 bits per heavy atom. The Hall–Kier alpha value is -1.91. The number of ether oxygens (including phenoxy) is 1. The zero-order valence-corrected chi connectivity index (χ0v) is 16.3. The number of thiazole rings is 1. The van der Waals surface area contributed by atoms with Crippen LogP contribution in [-0.4, -0.2) is 10.8 Å². The molecule has 25 heavy (non-hydrogen) atoms. The molecule has 2 aromatic carbocycles. The topological polar surface area (TPSA) is 39.2 Å². The SMILES string of the molecule is CC.CCC(=O)CCc1ccc(Oc2nc3ccccc3s2)c(Cl)c1. The first-order valence-corrected chi connectivity index (χ1v) is 9.68. The smallest absolute Gasteiger partial charge is 0.279 e. The molecular formula is C20H22ClNO2S. The molecule has 0 aliphatic carbocycles. The lowest BCUT2D eigenvalue weighted by Gasteiger charge is -2.06. The maximum Gasteiger partial charge on any atom is 0.279 e. The number of benzene rings is 2. The van der Waals surface area contributed by atoms with Gasteiger partial charge in [0.1, 0.15) is 11.5 Å². The van der Waals surface area contributed by atoms with Gasteiger partial charge < -0.3 is 4.74 Å². The third kappa shape index (κ3) is 5.28. The van der Waals surface area contributed by atoms with Gasteiger partial charge >= 0.3 is 0 Å². The molecule has 0 saturated heterocycles. The number of hydrogen-bond donors (Lipinski definition) is 0. The number of carbonyl (C=O) groups excluding carboxylic acids is 1. The highest BCUT2D eigenvalue weighted by Gasteiger charge is 2.09. The van der Waals surface area contributed by atoms with Crippen LogP contribution in [0.4, 0.5) is 0 Å². The first kappa shape index (κ1) is 19.4. The minimum absolute atomic E-state index is 0.260. The molecule has 0 aliphatic heterocycles. The van der Waals surface area contributed by atoms with E-state index in [1.807, 2.05) is 63.2 Å². The van der Waals surface area contributed by atoms with Crippen LogP contribution in [0.15, 0.2) is 42.5 Å². The summed E-state index contributed by atoms with van der Waals surface area (Å²) >= 11 is 7.78. The first-order chi connectivity index (χ1) is 12.2.